The van der Waals surface area contributed by atoms with Crippen LogP contribution in [0.25, 0.3) is 11.0 Å². The number of hydrogen-bond acceptors (Lipinski definition) is 3. The summed E-state index contributed by atoms with van der Waals surface area (Å²) in [5, 5.41) is 4.42. The van der Waals surface area contributed by atoms with E-state index >= 15 is 0 Å². The van der Waals surface area contributed by atoms with E-state index in [1.165, 1.54) is 0 Å². The second-order valence-electron chi connectivity index (χ2n) is 7.50. The summed E-state index contributed by atoms with van der Waals surface area (Å²) in [7, 11) is 0. The Labute approximate surface area is 183 Å². The molecule has 2 amide bonds. The molecule has 0 spiro atoms. The monoisotopic (exact) mass is 430 g/mol. The molecule has 3 heterocycles. The Morgan fingerprint density at radius 1 is 1.10 bits per heavy atom. The molecule has 0 bridgehead atoms. The van der Waals surface area contributed by atoms with Crippen LogP contribution in [0.1, 0.15) is 27.9 Å². The highest BCUT2D eigenvalue weighted by Gasteiger charge is 2.25. The van der Waals surface area contributed by atoms with Crippen molar-refractivity contribution in [1.29, 1.82) is 0 Å². The Hall–Kier alpha value is -3.64. The molecule has 154 valence electrons. The highest BCUT2D eigenvalue weighted by Crippen LogP contribution is 2.32. The van der Waals surface area contributed by atoms with Crippen LogP contribution in [0.4, 0.5) is 11.4 Å². The van der Waals surface area contributed by atoms with Crippen molar-refractivity contribution in [3.8, 4) is 0 Å². The second-order valence-corrected chi connectivity index (χ2v) is 7.94. The van der Waals surface area contributed by atoms with Gasteiger partial charge in [0.15, 0.2) is 0 Å². The number of carbonyl (C=O) groups is 2. The number of rotatable bonds is 4. The summed E-state index contributed by atoms with van der Waals surface area (Å²) in [5.41, 5.74) is 4.85. The highest BCUT2D eigenvalue weighted by molar-refractivity contribution is 6.30. The van der Waals surface area contributed by atoms with Crippen LogP contribution >= 0.6 is 11.6 Å². The van der Waals surface area contributed by atoms with Gasteiger partial charge in [0, 0.05) is 40.6 Å². The van der Waals surface area contributed by atoms with Crippen molar-refractivity contribution >= 4 is 45.8 Å². The molecule has 2 aromatic carbocycles. The summed E-state index contributed by atoms with van der Waals surface area (Å²) < 4.78 is 0. The van der Waals surface area contributed by atoms with Crippen LogP contribution in [0.2, 0.25) is 5.02 Å². The minimum atomic E-state index is -0.197. The summed E-state index contributed by atoms with van der Waals surface area (Å²) in [6.45, 7) is 0.483. The number of benzene rings is 2. The van der Waals surface area contributed by atoms with Crippen LogP contribution < -0.4 is 10.2 Å². The molecule has 0 unspecified atom stereocenters. The third-order valence-electron chi connectivity index (χ3n) is 5.50. The van der Waals surface area contributed by atoms with Crippen molar-refractivity contribution in [1.82, 2.24) is 9.97 Å². The zero-order chi connectivity index (χ0) is 21.4. The van der Waals surface area contributed by atoms with Gasteiger partial charge in [-0.05, 0) is 60.0 Å². The molecule has 0 radical (unpaired) electrons. The van der Waals surface area contributed by atoms with Crippen LogP contribution in [0.15, 0.2) is 67.0 Å². The molecule has 6 nitrogen and oxygen atoms in total. The fourth-order valence-electron chi connectivity index (χ4n) is 3.94. The fourth-order valence-corrected chi connectivity index (χ4v) is 4.07. The SMILES string of the molecule is O=C(Nc1ccc2c(c1)CCC(=O)N2Cc1ccc(Cl)cc1)c1ccnc2[nH]ccc12. The third kappa shape index (κ3) is 3.78. The van der Waals surface area contributed by atoms with Crippen LogP contribution in [-0.4, -0.2) is 21.8 Å². The number of aromatic nitrogens is 2. The van der Waals surface area contributed by atoms with Crippen molar-refractivity contribution in [2.24, 2.45) is 0 Å². The first-order valence-corrected chi connectivity index (χ1v) is 10.4. The molecule has 2 aromatic heterocycles. The van der Waals surface area contributed by atoms with Gasteiger partial charge in [0.1, 0.15) is 5.65 Å². The molecule has 0 aliphatic carbocycles. The average molecular weight is 431 g/mol. The van der Waals surface area contributed by atoms with E-state index in [1.54, 1.807) is 23.4 Å². The minimum Gasteiger partial charge on any atom is -0.346 e. The standard InChI is InChI=1S/C24H19ClN4O2/c25-17-4-1-15(2-5-17)14-29-21-7-6-18(13-16(21)3-8-22(29)30)28-24(31)20-10-12-27-23-19(20)9-11-26-23/h1-2,4-7,9-13H,3,8,14H2,(H,26,27)(H,28,31). The smallest absolute Gasteiger partial charge is 0.256 e. The van der Waals surface area contributed by atoms with Gasteiger partial charge in [0.25, 0.3) is 5.91 Å². The molecule has 5 rings (SSSR count). The van der Waals surface area contributed by atoms with E-state index in [4.69, 9.17) is 11.6 Å². The molecular formula is C24H19ClN4O2. The zero-order valence-electron chi connectivity index (χ0n) is 16.6. The Morgan fingerprint density at radius 2 is 1.94 bits per heavy atom. The molecule has 2 N–H and O–H groups in total. The molecule has 31 heavy (non-hydrogen) atoms. The van der Waals surface area contributed by atoms with E-state index < -0.39 is 0 Å². The number of fused-ring (bicyclic) bond motifs is 2. The van der Waals surface area contributed by atoms with Gasteiger partial charge in [0.05, 0.1) is 12.1 Å². The maximum Gasteiger partial charge on any atom is 0.256 e. The minimum absolute atomic E-state index is 0.0888. The lowest BCUT2D eigenvalue weighted by Gasteiger charge is -2.30. The van der Waals surface area contributed by atoms with Gasteiger partial charge < -0.3 is 15.2 Å². The Kier molecular flexibility index (Phi) is 4.92. The lowest BCUT2D eigenvalue weighted by Crippen LogP contribution is -2.34. The first-order chi connectivity index (χ1) is 15.1. The maximum absolute atomic E-state index is 12.9. The number of anilines is 2. The van der Waals surface area contributed by atoms with Crippen molar-refractivity contribution in [2.45, 2.75) is 19.4 Å². The van der Waals surface area contributed by atoms with Crippen LogP contribution in [-0.2, 0) is 17.8 Å². The van der Waals surface area contributed by atoms with Gasteiger partial charge in [-0.3, -0.25) is 9.59 Å². The topological polar surface area (TPSA) is 78.1 Å². The molecule has 1 aliphatic rings. The molecule has 1 aliphatic heterocycles. The lowest BCUT2D eigenvalue weighted by molar-refractivity contribution is -0.119. The van der Waals surface area contributed by atoms with Gasteiger partial charge in [-0.15, -0.1) is 0 Å². The Morgan fingerprint density at radius 3 is 2.77 bits per heavy atom. The predicted molar refractivity (Wildman–Crippen MR) is 121 cm³/mol. The number of H-pyrrole nitrogens is 1. The average Bonchev–Trinajstić information content (AvgIpc) is 3.26. The quantitative estimate of drug-likeness (QED) is 0.481. The van der Waals surface area contributed by atoms with Crippen molar-refractivity contribution in [3.63, 3.8) is 0 Å². The van der Waals surface area contributed by atoms with Crippen molar-refractivity contribution < 1.29 is 9.59 Å². The fraction of sp³-hybridized carbons (Fsp3) is 0.125. The predicted octanol–water partition coefficient (Wildman–Crippen LogP) is 4.95. The summed E-state index contributed by atoms with van der Waals surface area (Å²) in [6.07, 6.45) is 4.46. The molecule has 0 saturated carbocycles. The number of carbonyl (C=O) groups excluding carboxylic acids is 2. The number of halogens is 1. The number of hydrogen-bond donors (Lipinski definition) is 2. The van der Waals surface area contributed by atoms with Gasteiger partial charge in [-0.2, -0.15) is 0 Å². The molecular weight excluding hydrogens is 412 g/mol. The molecule has 0 atom stereocenters. The van der Waals surface area contributed by atoms with Gasteiger partial charge >= 0.3 is 0 Å². The lowest BCUT2D eigenvalue weighted by atomic mass is 9.99. The maximum atomic E-state index is 12.9. The van der Waals surface area contributed by atoms with E-state index in [9.17, 15) is 9.59 Å². The van der Waals surface area contributed by atoms with E-state index in [0.29, 0.717) is 41.3 Å². The summed E-state index contributed by atoms with van der Waals surface area (Å²) in [5.74, 6) is -0.109. The molecule has 7 heteroatoms. The van der Waals surface area contributed by atoms with Crippen molar-refractivity contribution in [3.05, 3.63) is 88.7 Å². The first kappa shape index (κ1) is 19.3. The van der Waals surface area contributed by atoms with E-state index in [2.05, 4.69) is 15.3 Å². The second kappa shape index (κ2) is 7.89. The van der Waals surface area contributed by atoms with E-state index in [-0.39, 0.29) is 11.8 Å². The van der Waals surface area contributed by atoms with Crippen LogP contribution in [0, 0.1) is 0 Å². The summed E-state index contributed by atoms with van der Waals surface area (Å²) in [4.78, 5) is 34.5. The Bertz CT molecular complexity index is 1300. The summed E-state index contributed by atoms with van der Waals surface area (Å²) >= 11 is 5.97. The normalized spacial score (nSPS) is 13.3. The largest absolute Gasteiger partial charge is 0.346 e. The number of aromatic amines is 1. The van der Waals surface area contributed by atoms with Crippen LogP contribution in [0.5, 0.6) is 0 Å². The molecule has 4 aromatic rings. The number of pyridine rings is 1. The highest BCUT2D eigenvalue weighted by atomic mass is 35.5. The van der Waals surface area contributed by atoms with Gasteiger partial charge in [-0.1, -0.05) is 23.7 Å². The number of nitrogens with zero attached hydrogens (tertiary/aromatic N) is 2. The summed E-state index contributed by atoms with van der Waals surface area (Å²) in [6, 6.07) is 16.7. The number of nitrogens with one attached hydrogen (secondary N) is 2. The first-order valence-electron chi connectivity index (χ1n) is 10.00. The van der Waals surface area contributed by atoms with E-state index in [0.717, 1.165) is 22.2 Å². The Balaban J connectivity index is 1.39. The number of aryl methyl sites for hydroxylation is 1. The zero-order valence-corrected chi connectivity index (χ0v) is 17.3. The molecule has 0 fully saturated rings. The van der Waals surface area contributed by atoms with E-state index in [1.807, 2.05) is 48.5 Å². The van der Waals surface area contributed by atoms with Gasteiger partial charge in [0.2, 0.25) is 5.91 Å². The third-order valence-corrected chi connectivity index (χ3v) is 5.75. The number of amides is 2. The van der Waals surface area contributed by atoms with Gasteiger partial charge in [-0.25, -0.2) is 4.98 Å². The van der Waals surface area contributed by atoms with Crippen molar-refractivity contribution in [2.75, 3.05) is 10.2 Å². The molecule has 0 saturated heterocycles. The van der Waals surface area contributed by atoms with Crippen LogP contribution in [0.3, 0.4) is 0 Å².